The highest BCUT2D eigenvalue weighted by molar-refractivity contribution is 6.36. The number of hydrogen-bond donors (Lipinski definition) is 4. The highest BCUT2D eigenvalue weighted by Crippen LogP contribution is 2.39. The molecule has 40 heavy (non-hydrogen) atoms. The molecule has 0 spiro atoms. The molecule has 0 amide bonds. The van der Waals surface area contributed by atoms with E-state index in [1.807, 2.05) is 11.2 Å². The largest absolute Gasteiger partial charge is 0.378 e. The van der Waals surface area contributed by atoms with E-state index < -0.39 is 17.2 Å². The van der Waals surface area contributed by atoms with Crippen molar-refractivity contribution in [2.24, 2.45) is 0 Å². The lowest BCUT2D eigenvalue weighted by Crippen LogP contribution is -2.45. The maximum Gasteiger partial charge on any atom is 0.231 e. The highest BCUT2D eigenvalue weighted by atomic mass is 35.5. The Hall–Kier alpha value is -4.11. The predicted molar refractivity (Wildman–Crippen MR) is 151 cm³/mol. The van der Waals surface area contributed by atoms with Crippen molar-refractivity contribution >= 4 is 59.0 Å². The van der Waals surface area contributed by atoms with Gasteiger partial charge in [0.1, 0.15) is 19.7 Å². The van der Waals surface area contributed by atoms with Crippen molar-refractivity contribution in [2.45, 2.75) is 24.3 Å². The molecule has 13 heteroatoms. The maximum atomic E-state index is 13.8. The summed E-state index contributed by atoms with van der Waals surface area (Å²) in [6.07, 6.45) is 6.64. The zero-order chi connectivity index (χ0) is 28.0. The van der Waals surface area contributed by atoms with Crippen molar-refractivity contribution in [3.8, 4) is 6.07 Å². The van der Waals surface area contributed by atoms with Gasteiger partial charge in [-0.15, -0.1) is 5.53 Å². The number of fused-ring (bicyclic) bond motifs is 1. The van der Waals surface area contributed by atoms with Crippen LogP contribution in [0.15, 0.2) is 66.8 Å². The summed E-state index contributed by atoms with van der Waals surface area (Å²) >= 11 is 12.6. The van der Waals surface area contributed by atoms with E-state index in [2.05, 4.69) is 37.6 Å². The lowest BCUT2D eigenvalue weighted by Gasteiger charge is -2.34. The second kappa shape index (κ2) is 10.1. The molecule has 4 N–H and O–H groups in total. The van der Waals surface area contributed by atoms with Gasteiger partial charge in [0.15, 0.2) is 0 Å². The fraction of sp³-hybridized carbons (Fsp3) is 0.148. The first-order chi connectivity index (χ1) is 19.2. The molecular weight excluding hydrogens is 556 g/mol. The highest BCUT2D eigenvalue weighted by Gasteiger charge is 2.37. The summed E-state index contributed by atoms with van der Waals surface area (Å²) in [4.78, 5) is 8.00. The third-order valence-electron chi connectivity index (χ3n) is 6.70. The third kappa shape index (κ3) is 4.86. The second-order valence-corrected chi connectivity index (χ2v) is 10.3. The number of rotatable bonds is 7. The molecule has 1 fully saturated rings. The second-order valence-electron chi connectivity index (χ2n) is 9.49. The lowest BCUT2D eigenvalue weighted by molar-refractivity contribution is 0.260. The van der Waals surface area contributed by atoms with Crippen LogP contribution < -0.4 is 21.6 Å². The predicted octanol–water partition coefficient (Wildman–Crippen LogP) is 5.59. The first kappa shape index (κ1) is 26.1. The van der Waals surface area contributed by atoms with Gasteiger partial charge in [-0.05, 0) is 48.7 Å². The number of pyridine rings is 2. The standard InChI is InChI=1S/C27H19BCl2F2N8/c28-27(15-1-3-16(31)4-2-15,23-13-40(39-38-23)19-5-6-19)37-17-7-20-24(36-18-9-22(30)26(32)35-12-18)14(10-33)11-34-25(20)21(29)8-17/h1-4,7-9,11-13,19,37-39H,5-6H2,(H,34,36). The first-order valence-electron chi connectivity index (χ1n) is 12.2. The Kier molecular flexibility index (Phi) is 6.62. The summed E-state index contributed by atoms with van der Waals surface area (Å²) in [7, 11) is 7.02. The molecular formula is C27H19BCl2F2N8. The van der Waals surface area contributed by atoms with Gasteiger partial charge < -0.3 is 16.1 Å². The zero-order valence-corrected chi connectivity index (χ0v) is 22.2. The van der Waals surface area contributed by atoms with Gasteiger partial charge in [-0.1, -0.05) is 35.3 Å². The van der Waals surface area contributed by atoms with Crippen LogP contribution in [-0.4, -0.2) is 28.9 Å². The van der Waals surface area contributed by atoms with Crippen molar-refractivity contribution in [1.82, 2.24) is 25.9 Å². The number of benzene rings is 2. The molecule has 0 bridgehead atoms. The van der Waals surface area contributed by atoms with Gasteiger partial charge in [0, 0.05) is 29.5 Å². The summed E-state index contributed by atoms with van der Waals surface area (Å²) in [6, 6.07) is 13.1. The normalized spacial score (nSPS) is 16.2. The first-order valence-corrected chi connectivity index (χ1v) is 13.0. The summed E-state index contributed by atoms with van der Waals surface area (Å²) < 4.78 is 27.5. The molecule has 6 rings (SSSR count). The molecule has 2 aromatic carbocycles. The van der Waals surface area contributed by atoms with E-state index >= 15 is 0 Å². The SMILES string of the molecule is [B]C(Nc1cc(Cl)c2ncc(C#N)c(Nc3cnc(F)c(Cl)c3)c2c1)(C1=CN(C2CC2)NN1)c1ccc(F)cc1. The Labute approximate surface area is 239 Å². The minimum atomic E-state index is -1.34. The molecule has 0 saturated heterocycles. The molecule has 1 aliphatic carbocycles. The average Bonchev–Trinajstić information content (AvgIpc) is 3.67. The van der Waals surface area contributed by atoms with Gasteiger partial charge in [-0.2, -0.15) is 9.65 Å². The van der Waals surface area contributed by atoms with Crippen molar-refractivity contribution in [3.05, 3.63) is 99.7 Å². The van der Waals surface area contributed by atoms with Gasteiger partial charge in [-0.3, -0.25) is 9.99 Å². The van der Waals surface area contributed by atoms with E-state index in [4.69, 9.17) is 31.0 Å². The van der Waals surface area contributed by atoms with E-state index in [-0.39, 0.29) is 15.6 Å². The third-order valence-corrected chi connectivity index (χ3v) is 7.26. The molecule has 2 aliphatic rings. The number of anilines is 3. The molecule has 4 aromatic rings. The molecule has 1 aliphatic heterocycles. The minimum absolute atomic E-state index is 0.180. The number of aromatic nitrogens is 2. The van der Waals surface area contributed by atoms with E-state index in [9.17, 15) is 14.0 Å². The topological polar surface area (TPSA) is 101 Å². The molecule has 2 aromatic heterocycles. The molecule has 198 valence electrons. The fourth-order valence-electron chi connectivity index (χ4n) is 4.50. The van der Waals surface area contributed by atoms with Crippen LogP contribution in [0.5, 0.6) is 0 Å². The van der Waals surface area contributed by atoms with Gasteiger partial charge in [0.2, 0.25) is 5.95 Å². The lowest BCUT2D eigenvalue weighted by atomic mass is 9.69. The summed E-state index contributed by atoms with van der Waals surface area (Å²) in [5.41, 5.74) is 7.92. The zero-order valence-electron chi connectivity index (χ0n) is 20.6. The molecule has 8 nitrogen and oxygen atoms in total. The van der Waals surface area contributed by atoms with Crippen LogP contribution >= 0.6 is 23.2 Å². The van der Waals surface area contributed by atoms with Crippen molar-refractivity contribution < 1.29 is 8.78 Å². The Morgan fingerprint density at radius 3 is 2.50 bits per heavy atom. The van der Waals surface area contributed by atoms with Crippen molar-refractivity contribution in [1.29, 1.82) is 5.26 Å². The Bertz CT molecular complexity index is 1710. The average molecular weight is 575 g/mol. The number of nitriles is 1. The Morgan fingerprint density at radius 1 is 1.05 bits per heavy atom. The number of nitrogens with zero attached hydrogens (tertiary/aromatic N) is 4. The van der Waals surface area contributed by atoms with Gasteiger partial charge in [0.25, 0.3) is 0 Å². The van der Waals surface area contributed by atoms with E-state index in [1.54, 1.807) is 24.3 Å². The quantitative estimate of drug-likeness (QED) is 0.167. The van der Waals surface area contributed by atoms with Crippen molar-refractivity contribution in [3.63, 3.8) is 0 Å². The number of hydrogen-bond acceptors (Lipinski definition) is 8. The van der Waals surface area contributed by atoms with Gasteiger partial charge in [-0.25, -0.2) is 9.37 Å². The maximum absolute atomic E-state index is 13.8. The Morgan fingerprint density at radius 2 is 1.80 bits per heavy atom. The summed E-state index contributed by atoms with van der Waals surface area (Å²) in [5.74, 6) is -1.21. The van der Waals surface area contributed by atoms with Crippen LogP contribution in [0, 0.1) is 23.1 Å². The monoisotopic (exact) mass is 574 g/mol. The molecule has 2 radical (unpaired) electrons. The number of halogens is 4. The van der Waals surface area contributed by atoms with E-state index in [0.717, 1.165) is 12.8 Å². The molecule has 3 heterocycles. The fourth-order valence-corrected chi connectivity index (χ4v) is 4.93. The van der Waals surface area contributed by atoms with Crippen molar-refractivity contribution in [2.75, 3.05) is 10.6 Å². The molecule has 1 saturated carbocycles. The van der Waals surface area contributed by atoms with Gasteiger partial charge >= 0.3 is 0 Å². The van der Waals surface area contributed by atoms with Gasteiger partial charge in [0.05, 0.1) is 49.8 Å². The van der Waals surface area contributed by atoms with E-state index in [1.165, 1.54) is 30.6 Å². The molecule has 1 atom stereocenters. The summed E-state index contributed by atoms with van der Waals surface area (Å²) in [5, 5.41) is 18.8. The summed E-state index contributed by atoms with van der Waals surface area (Å²) in [6.45, 7) is 0. The van der Waals surface area contributed by atoms with Crippen LogP contribution in [0.3, 0.4) is 0 Å². The van der Waals surface area contributed by atoms with Crippen LogP contribution in [-0.2, 0) is 5.44 Å². The smallest absolute Gasteiger partial charge is 0.231 e. The van der Waals surface area contributed by atoms with E-state index in [0.29, 0.717) is 45.3 Å². The molecule has 1 unspecified atom stereocenters. The van der Waals surface area contributed by atoms with Crippen LogP contribution in [0.2, 0.25) is 10.0 Å². The van der Waals surface area contributed by atoms with Crippen LogP contribution in [0.1, 0.15) is 24.0 Å². The Balaban J connectivity index is 1.45. The van der Waals surface area contributed by atoms with Crippen LogP contribution in [0.25, 0.3) is 10.9 Å². The minimum Gasteiger partial charge on any atom is -0.378 e. The number of nitrogens with one attached hydrogen (secondary N) is 4. The number of hydrazine groups is 2. The van der Waals surface area contributed by atoms with Crippen LogP contribution in [0.4, 0.5) is 25.8 Å².